The van der Waals surface area contributed by atoms with Crippen LogP contribution < -0.4 is 10.6 Å². The summed E-state index contributed by atoms with van der Waals surface area (Å²) in [6.07, 6.45) is 4.72. The van der Waals surface area contributed by atoms with Crippen molar-refractivity contribution in [3.05, 3.63) is 24.1 Å². The van der Waals surface area contributed by atoms with Crippen molar-refractivity contribution in [2.45, 2.75) is 19.3 Å². The highest BCUT2D eigenvalue weighted by Gasteiger charge is 2.19. The first kappa shape index (κ1) is 11.3. The molecule has 2 rings (SSSR count). The van der Waals surface area contributed by atoms with Gasteiger partial charge in [-0.15, -0.1) is 0 Å². The van der Waals surface area contributed by atoms with Gasteiger partial charge in [-0.25, -0.2) is 9.37 Å². The van der Waals surface area contributed by atoms with Crippen LogP contribution in [0.1, 0.15) is 19.3 Å². The summed E-state index contributed by atoms with van der Waals surface area (Å²) in [4.78, 5) is 6.31. The van der Waals surface area contributed by atoms with E-state index in [0.29, 0.717) is 0 Å². The van der Waals surface area contributed by atoms with Crippen LogP contribution in [-0.4, -0.2) is 24.6 Å². The molecule has 1 aliphatic heterocycles. The molecule has 1 aromatic rings. The summed E-state index contributed by atoms with van der Waals surface area (Å²) in [6.45, 7) is 2.78. The normalized spacial score (nSPS) is 17.8. The van der Waals surface area contributed by atoms with Crippen molar-refractivity contribution in [3.8, 4) is 0 Å². The first-order chi connectivity index (χ1) is 7.79. The van der Waals surface area contributed by atoms with E-state index in [1.165, 1.54) is 12.3 Å². The Bertz CT molecular complexity index is 318. The summed E-state index contributed by atoms with van der Waals surface area (Å²) in [5.74, 6) is 1.36. The molecule has 88 valence electrons. The van der Waals surface area contributed by atoms with Crippen LogP contribution in [0.3, 0.4) is 0 Å². The third-order valence-electron chi connectivity index (χ3n) is 3.23. The van der Waals surface area contributed by atoms with Crippen molar-refractivity contribution in [1.29, 1.82) is 0 Å². The predicted molar refractivity (Wildman–Crippen MR) is 62.8 cm³/mol. The van der Waals surface area contributed by atoms with Gasteiger partial charge in [0.15, 0.2) is 0 Å². The number of nitrogens with two attached hydrogens (primary N) is 1. The van der Waals surface area contributed by atoms with Crippen LogP contribution in [-0.2, 0) is 0 Å². The molecule has 0 amide bonds. The SMILES string of the molecule is NCCC1CCN(c2ccc(F)cn2)CC1. The smallest absolute Gasteiger partial charge is 0.141 e. The van der Waals surface area contributed by atoms with Gasteiger partial charge in [0, 0.05) is 13.1 Å². The molecule has 0 saturated carbocycles. The Kier molecular flexibility index (Phi) is 3.72. The van der Waals surface area contributed by atoms with Crippen molar-refractivity contribution in [2.24, 2.45) is 11.7 Å². The van der Waals surface area contributed by atoms with E-state index in [4.69, 9.17) is 5.73 Å². The molecule has 0 bridgehead atoms. The molecule has 1 aromatic heterocycles. The summed E-state index contributed by atoms with van der Waals surface area (Å²) < 4.78 is 12.7. The van der Waals surface area contributed by atoms with Crippen LogP contribution in [0.2, 0.25) is 0 Å². The largest absolute Gasteiger partial charge is 0.357 e. The zero-order valence-electron chi connectivity index (χ0n) is 9.40. The topological polar surface area (TPSA) is 42.1 Å². The molecule has 3 nitrogen and oxygen atoms in total. The molecule has 16 heavy (non-hydrogen) atoms. The third kappa shape index (κ3) is 2.70. The molecular formula is C12H18FN3. The van der Waals surface area contributed by atoms with E-state index in [-0.39, 0.29) is 5.82 Å². The maximum Gasteiger partial charge on any atom is 0.141 e. The monoisotopic (exact) mass is 223 g/mol. The quantitative estimate of drug-likeness (QED) is 0.849. The summed E-state index contributed by atoms with van der Waals surface area (Å²) in [5.41, 5.74) is 5.55. The highest BCUT2D eigenvalue weighted by Crippen LogP contribution is 2.23. The number of hydrogen-bond acceptors (Lipinski definition) is 3. The second-order valence-corrected chi connectivity index (χ2v) is 4.34. The number of rotatable bonds is 3. The average Bonchev–Trinajstić information content (AvgIpc) is 2.32. The van der Waals surface area contributed by atoms with Crippen molar-refractivity contribution >= 4 is 5.82 Å². The van der Waals surface area contributed by atoms with Crippen molar-refractivity contribution in [3.63, 3.8) is 0 Å². The minimum absolute atomic E-state index is 0.276. The lowest BCUT2D eigenvalue weighted by molar-refractivity contribution is 0.385. The van der Waals surface area contributed by atoms with E-state index in [2.05, 4.69) is 9.88 Å². The molecule has 0 unspecified atom stereocenters. The van der Waals surface area contributed by atoms with Crippen LogP contribution in [0.15, 0.2) is 18.3 Å². The first-order valence-corrected chi connectivity index (χ1v) is 5.86. The van der Waals surface area contributed by atoms with E-state index in [9.17, 15) is 4.39 Å². The number of piperidine rings is 1. The Labute approximate surface area is 95.5 Å². The minimum Gasteiger partial charge on any atom is -0.357 e. The molecule has 2 N–H and O–H groups in total. The Hall–Kier alpha value is -1.16. The fourth-order valence-corrected chi connectivity index (χ4v) is 2.24. The van der Waals surface area contributed by atoms with Gasteiger partial charge in [-0.05, 0) is 43.9 Å². The van der Waals surface area contributed by atoms with Gasteiger partial charge in [0.25, 0.3) is 0 Å². The maximum atomic E-state index is 12.7. The van der Waals surface area contributed by atoms with Crippen molar-refractivity contribution in [1.82, 2.24) is 4.98 Å². The van der Waals surface area contributed by atoms with Crippen LogP contribution in [0.25, 0.3) is 0 Å². The van der Waals surface area contributed by atoms with Gasteiger partial charge < -0.3 is 10.6 Å². The molecule has 0 aromatic carbocycles. The number of anilines is 1. The minimum atomic E-state index is -0.276. The lowest BCUT2D eigenvalue weighted by Crippen LogP contribution is -2.34. The molecule has 0 aliphatic carbocycles. The van der Waals surface area contributed by atoms with Gasteiger partial charge in [-0.2, -0.15) is 0 Å². The Balaban J connectivity index is 1.91. The predicted octanol–water partition coefficient (Wildman–Crippen LogP) is 1.79. The second-order valence-electron chi connectivity index (χ2n) is 4.34. The molecule has 2 heterocycles. The number of pyridine rings is 1. The molecule has 1 saturated heterocycles. The first-order valence-electron chi connectivity index (χ1n) is 5.86. The fraction of sp³-hybridized carbons (Fsp3) is 0.583. The van der Waals surface area contributed by atoms with Gasteiger partial charge in [0.05, 0.1) is 6.20 Å². The van der Waals surface area contributed by atoms with Crippen LogP contribution in [0, 0.1) is 11.7 Å². The standard InChI is InChI=1S/C12H18FN3/c13-11-1-2-12(15-9-11)16-7-4-10(3-6-14)5-8-16/h1-2,9-10H,3-8,14H2. The summed E-state index contributed by atoms with van der Waals surface area (Å²) in [7, 11) is 0. The zero-order valence-corrected chi connectivity index (χ0v) is 9.40. The van der Waals surface area contributed by atoms with Gasteiger partial charge in [0.2, 0.25) is 0 Å². The second kappa shape index (κ2) is 5.25. The lowest BCUT2D eigenvalue weighted by atomic mass is 9.94. The van der Waals surface area contributed by atoms with Crippen LogP contribution in [0.5, 0.6) is 0 Å². The van der Waals surface area contributed by atoms with E-state index in [1.807, 2.05) is 0 Å². The number of nitrogens with zero attached hydrogens (tertiary/aromatic N) is 2. The molecular weight excluding hydrogens is 205 g/mol. The summed E-state index contributed by atoms with van der Waals surface area (Å²) in [5, 5.41) is 0. The maximum absolute atomic E-state index is 12.7. The number of halogens is 1. The Morgan fingerprint density at radius 3 is 2.69 bits per heavy atom. The molecule has 0 radical (unpaired) electrons. The van der Waals surface area contributed by atoms with Gasteiger partial charge in [0.1, 0.15) is 11.6 Å². The number of aromatic nitrogens is 1. The number of hydrogen-bond donors (Lipinski definition) is 1. The summed E-state index contributed by atoms with van der Waals surface area (Å²) in [6, 6.07) is 3.22. The average molecular weight is 223 g/mol. The van der Waals surface area contributed by atoms with Gasteiger partial charge in [-0.3, -0.25) is 0 Å². The fourth-order valence-electron chi connectivity index (χ4n) is 2.24. The van der Waals surface area contributed by atoms with Crippen LogP contribution in [0.4, 0.5) is 10.2 Å². The molecule has 0 spiro atoms. The Morgan fingerprint density at radius 2 is 2.12 bits per heavy atom. The van der Waals surface area contributed by atoms with E-state index in [1.54, 1.807) is 6.07 Å². The zero-order chi connectivity index (χ0) is 11.4. The van der Waals surface area contributed by atoms with Crippen LogP contribution >= 0.6 is 0 Å². The van der Waals surface area contributed by atoms with Gasteiger partial charge in [-0.1, -0.05) is 0 Å². The van der Waals surface area contributed by atoms with E-state index < -0.39 is 0 Å². The van der Waals surface area contributed by atoms with Gasteiger partial charge >= 0.3 is 0 Å². The third-order valence-corrected chi connectivity index (χ3v) is 3.23. The molecule has 1 fully saturated rings. The Morgan fingerprint density at radius 1 is 1.38 bits per heavy atom. The molecule has 0 atom stereocenters. The van der Waals surface area contributed by atoms with E-state index >= 15 is 0 Å². The molecule has 4 heteroatoms. The lowest BCUT2D eigenvalue weighted by Gasteiger charge is -2.32. The van der Waals surface area contributed by atoms with Crippen molar-refractivity contribution < 1.29 is 4.39 Å². The highest BCUT2D eigenvalue weighted by molar-refractivity contribution is 5.38. The highest BCUT2D eigenvalue weighted by atomic mass is 19.1. The summed E-state index contributed by atoms with van der Waals surface area (Å²) >= 11 is 0. The molecule has 1 aliphatic rings. The van der Waals surface area contributed by atoms with E-state index in [0.717, 1.165) is 50.6 Å². The van der Waals surface area contributed by atoms with Crippen molar-refractivity contribution in [2.75, 3.05) is 24.5 Å².